The lowest BCUT2D eigenvalue weighted by Gasteiger charge is -2.13. The van der Waals surface area contributed by atoms with E-state index in [2.05, 4.69) is 0 Å². The summed E-state index contributed by atoms with van der Waals surface area (Å²) in [5.74, 6) is 1.39. The molecule has 0 atom stereocenters. The lowest BCUT2D eigenvalue weighted by molar-refractivity contribution is 0.0909. The normalized spacial score (nSPS) is 10.2. The molecule has 0 N–H and O–H groups in total. The van der Waals surface area contributed by atoms with Crippen LogP contribution in [0.25, 0.3) is 0 Å². The molecule has 1 aromatic carbocycles. The number of Topliss-reactive ketones (excluding diaryl/α,β-unsaturated/α-hetero) is 1. The summed E-state index contributed by atoms with van der Waals surface area (Å²) in [5.41, 5.74) is 0.596. The molecule has 0 unspecified atom stereocenters. The first-order valence-corrected chi connectivity index (χ1v) is 6.15. The molecule has 5 nitrogen and oxygen atoms in total. The van der Waals surface area contributed by atoms with Crippen LogP contribution in [-0.2, 0) is 7.05 Å². The van der Waals surface area contributed by atoms with Crippen molar-refractivity contribution in [2.75, 3.05) is 20.8 Å². The van der Waals surface area contributed by atoms with E-state index in [0.29, 0.717) is 22.9 Å². The predicted octanol–water partition coefficient (Wildman–Crippen LogP) is 2.30. The van der Waals surface area contributed by atoms with Gasteiger partial charge < -0.3 is 18.8 Å². The van der Waals surface area contributed by atoms with Crippen LogP contribution in [0.4, 0.5) is 0 Å². The Hall–Kier alpha value is -2.43. The molecule has 0 aliphatic heterocycles. The molecule has 2 rings (SSSR count). The number of para-hydroxylation sites is 1. The number of rotatable bonds is 6. The topological polar surface area (TPSA) is 49.7 Å². The van der Waals surface area contributed by atoms with Gasteiger partial charge in [-0.05, 0) is 24.3 Å². The van der Waals surface area contributed by atoms with E-state index in [1.54, 1.807) is 43.1 Å². The van der Waals surface area contributed by atoms with Gasteiger partial charge in [0.25, 0.3) is 0 Å². The Kier molecular flexibility index (Phi) is 4.30. The number of ether oxygens (including phenoxy) is 3. The zero-order valence-corrected chi connectivity index (χ0v) is 11.8. The maximum atomic E-state index is 12.1. The minimum absolute atomic E-state index is 0.0748. The van der Waals surface area contributed by atoms with E-state index in [1.807, 2.05) is 19.3 Å². The molecule has 106 valence electrons. The smallest absolute Gasteiger partial charge is 0.216 e. The van der Waals surface area contributed by atoms with Crippen molar-refractivity contribution < 1.29 is 19.0 Å². The van der Waals surface area contributed by atoms with Gasteiger partial charge in [-0.3, -0.25) is 4.79 Å². The van der Waals surface area contributed by atoms with Crippen molar-refractivity contribution in [1.82, 2.24) is 4.57 Å². The number of carbonyl (C=O) groups is 1. The third-order valence-electron chi connectivity index (χ3n) is 2.96. The Labute approximate surface area is 117 Å². The van der Waals surface area contributed by atoms with Crippen LogP contribution in [-0.4, -0.2) is 31.2 Å². The average Bonchev–Trinajstić information content (AvgIpc) is 2.90. The minimum atomic E-state index is -0.106. The Morgan fingerprint density at radius 1 is 1.10 bits per heavy atom. The highest BCUT2D eigenvalue weighted by molar-refractivity contribution is 5.95. The van der Waals surface area contributed by atoms with Gasteiger partial charge in [0, 0.05) is 13.2 Å². The first kappa shape index (κ1) is 14.0. The Morgan fingerprint density at radius 2 is 1.75 bits per heavy atom. The van der Waals surface area contributed by atoms with Crippen molar-refractivity contribution in [3.05, 3.63) is 42.2 Å². The predicted molar refractivity (Wildman–Crippen MR) is 74.8 cm³/mol. The second-order valence-electron chi connectivity index (χ2n) is 4.21. The Morgan fingerprint density at radius 3 is 2.25 bits per heavy atom. The molecule has 0 radical (unpaired) electrons. The molecular weight excluding hydrogens is 258 g/mol. The summed E-state index contributed by atoms with van der Waals surface area (Å²) in [5, 5.41) is 0. The molecule has 0 aliphatic rings. The Balaban J connectivity index is 2.15. The van der Waals surface area contributed by atoms with E-state index in [-0.39, 0.29) is 12.4 Å². The summed E-state index contributed by atoms with van der Waals surface area (Å²) in [6.07, 6.45) is 1.82. The van der Waals surface area contributed by atoms with Gasteiger partial charge in [0.2, 0.25) is 11.5 Å². The second kappa shape index (κ2) is 6.14. The van der Waals surface area contributed by atoms with Gasteiger partial charge >= 0.3 is 0 Å². The van der Waals surface area contributed by atoms with E-state index >= 15 is 0 Å². The van der Waals surface area contributed by atoms with Gasteiger partial charge in [-0.1, -0.05) is 6.07 Å². The van der Waals surface area contributed by atoms with Crippen LogP contribution in [0.5, 0.6) is 17.2 Å². The number of aryl methyl sites for hydroxylation is 1. The molecule has 1 heterocycles. The minimum Gasteiger partial charge on any atom is -0.493 e. The van der Waals surface area contributed by atoms with Crippen molar-refractivity contribution in [3.8, 4) is 17.2 Å². The van der Waals surface area contributed by atoms with Gasteiger partial charge in [0.15, 0.2) is 18.1 Å². The standard InChI is InChI=1S/C15H17NO4/c1-16-9-5-6-11(16)12(17)10-20-15-13(18-2)7-4-8-14(15)19-3/h4-9H,10H2,1-3H3. The number of nitrogens with zero attached hydrogens (tertiary/aromatic N) is 1. The van der Waals surface area contributed by atoms with Crippen molar-refractivity contribution in [2.45, 2.75) is 0 Å². The van der Waals surface area contributed by atoms with Crippen molar-refractivity contribution in [3.63, 3.8) is 0 Å². The van der Waals surface area contributed by atoms with Crippen LogP contribution in [0.3, 0.4) is 0 Å². The molecule has 0 bridgehead atoms. The summed E-state index contributed by atoms with van der Waals surface area (Å²) < 4.78 is 17.8. The molecule has 0 spiro atoms. The van der Waals surface area contributed by atoms with Crippen LogP contribution in [0.15, 0.2) is 36.5 Å². The molecule has 0 aliphatic carbocycles. The van der Waals surface area contributed by atoms with Crippen LogP contribution in [0.1, 0.15) is 10.5 Å². The molecule has 0 saturated heterocycles. The Bertz CT molecular complexity index is 581. The SMILES string of the molecule is COc1cccc(OC)c1OCC(=O)c1cccn1C. The third kappa shape index (κ3) is 2.77. The number of ketones is 1. The monoisotopic (exact) mass is 275 g/mol. The molecule has 20 heavy (non-hydrogen) atoms. The van der Waals surface area contributed by atoms with E-state index in [1.165, 1.54) is 0 Å². The van der Waals surface area contributed by atoms with Crippen molar-refractivity contribution in [1.29, 1.82) is 0 Å². The van der Waals surface area contributed by atoms with E-state index < -0.39 is 0 Å². The number of hydrogen-bond donors (Lipinski definition) is 0. The summed E-state index contributed by atoms with van der Waals surface area (Å²) in [7, 11) is 4.90. The molecular formula is C15H17NO4. The van der Waals surface area contributed by atoms with Gasteiger partial charge in [0.1, 0.15) is 0 Å². The molecule has 2 aromatic rings. The highest BCUT2D eigenvalue weighted by Gasteiger charge is 2.15. The molecule has 1 aromatic heterocycles. The zero-order valence-electron chi connectivity index (χ0n) is 11.8. The highest BCUT2D eigenvalue weighted by atomic mass is 16.5. The first-order chi connectivity index (χ1) is 9.67. The second-order valence-corrected chi connectivity index (χ2v) is 4.21. The number of methoxy groups -OCH3 is 2. The average molecular weight is 275 g/mol. The van der Waals surface area contributed by atoms with Crippen LogP contribution < -0.4 is 14.2 Å². The van der Waals surface area contributed by atoms with Crippen LogP contribution >= 0.6 is 0 Å². The summed E-state index contributed by atoms with van der Waals surface area (Å²) in [4.78, 5) is 12.1. The number of aromatic nitrogens is 1. The lowest BCUT2D eigenvalue weighted by atomic mass is 10.2. The van der Waals surface area contributed by atoms with Crippen LogP contribution in [0.2, 0.25) is 0 Å². The zero-order chi connectivity index (χ0) is 14.5. The number of hydrogen-bond acceptors (Lipinski definition) is 4. The van der Waals surface area contributed by atoms with Crippen LogP contribution in [0, 0.1) is 0 Å². The lowest BCUT2D eigenvalue weighted by Crippen LogP contribution is -2.15. The van der Waals surface area contributed by atoms with Gasteiger partial charge in [-0.15, -0.1) is 0 Å². The van der Waals surface area contributed by atoms with E-state index in [4.69, 9.17) is 14.2 Å². The molecule has 0 amide bonds. The van der Waals surface area contributed by atoms with Gasteiger partial charge in [0.05, 0.1) is 19.9 Å². The highest BCUT2D eigenvalue weighted by Crippen LogP contribution is 2.36. The maximum Gasteiger partial charge on any atom is 0.216 e. The molecule has 0 saturated carbocycles. The third-order valence-corrected chi connectivity index (χ3v) is 2.96. The fourth-order valence-corrected chi connectivity index (χ4v) is 1.92. The summed E-state index contributed by atoms with van der Waals surface area (Å²) >= 11 is 0. The largest absolute Gasteiger partial charge is 0.493 e. The van der Waals surface area contributed by atoms with Crippen molar-refractivity contribution >= 4 is 5.78 Å². The quantitative estimate of drug-likeness (QED) is 0.759. The van der Waals surface area contributed by atoms with E-state index in [9.17, 15) is 4.79 Å². The van der Waals surface area contributed by atoms with E-state index in [0.717, 1.165) is 0 Å². The number of benzene rings is 1. The summed E-state index contributed by atoms with van der Waals surface area (Å²) in [6, 6.07) is 8.88. The summed E-state index contributed by atoms with van der Waals surface area (Å²) in [6.45, 7) is -0.0748. The van der Waals surface area contributed by atoms with Gasteiger partial charge in [-0.2, -0.15) is 0 Å². The van der Waals surface area contributed by atoms with Gasteiger partial charge in [-0.25, -0.2) is 0 Å². The maximum absolute atomic E-state index is 12.1. The van der Waals surface area contributed by atoms with Crippen molar-refractivity contribution in [2.24, 2.45) is 7.05 Å². The molecule has 5 heteroatoms. The first-order valence-electron chi connectivity index (χ1n) is 6.15. The fraction of sp³-hybridized carbons (Fsp3) is 0.267. The molecule has 0 fully saturated rings. The fourth-order valence-electron chi connectivity index (χ4n) is 1.92. The number of carbonyl (C=O) groups excluding carboxylic acids is 1.